The van der Waals surface area contributed by atoms with Crippen LogP contribution < -0.4 is 0 Å². The van der Waals surface area contributed by atoms with E-state index < -0.39 is 0 Å². The molecule has 0 spiro atoms. The van der Waals surface area contributed by atoms with Crippen LogP contribution in [-0.4, -0.2) is 28.1 Å². The lowest BCUT2D eigenvalue weighted by Gasteiger charge is -2.10. The van der Waals surface area contributed by atoms with Crippen LogP contribution in [-0.2, 0) is 22.5 Å². The summed E-state index contributed by atoms with van der Waals surface area (Å²) in [4.78, 5) is 12.9. The Morgan fingerprint density at radius 3 is 2.69 bits per heavy atom. The first-order chi connectivity index (χ1) is 15.7. The van der Waals surface area contributed by atoms with Gasteiger partial charge in [0.15, 0.2) is 0 Å². The summed E-state index contributed by atoms with van der Waals surface area (Å²) in [6.07, 6.45) is 8.06. The van der Waals surface area contributed by atoms with Gasteiger partial charge in [-0.15, -0.1) is 11.8 Å². The van der Waals surface area contributed by atoms with E-state index in [2.05, 4.69) is 65.8 Å². The van der Waals surface area contributed by atoms with Gasteiger partial charge in [0.2, 0.25) is 0 Å². The zero-order valence-corrected chi connectivity index (χ0v) is 18.9. The third-order valence-electron chi connectivity index (χ3n) is 5.13. The van der Waals surface area contributed by atoms with Gasteiger partial charge >= 0.3 is 5.97 Å². The second-order valence-electron chi connectivity index (χ2n) is 7.44. The predicted molar refractivity (Wildman–Crippen MR) is 132 cm³/mol. The smallest absolute Gasteiger partial charge is 0.330 e. The van der Waals surface area contributed by atoms with Crippen LogP contribution in [0.5, 0.6) is 0 Å². The summed E-state index contributed by atoms with van der Waals surface area (Å²) < 4.78 is 6.94. The van der Waals surface area contributed by atoms with Gasteiger partial charge in [0.1, 0.15) is 0 Å². The van der Waals surface area contributed by atoms with E-state index in [0.717, 1.165) is 22.6 Å². The number of ether oxygens (including phenoxy) is 1. The van der Waals surface area contributed by atoms with Crippen molar-refractivity contribution in [2.75, 3.05) is 12.4 Å². The van der Waals surface area contributed by atoms with Gasteiger partial charge in [0, 0.05) is 29.1 Å². The molecule has 0 aliphatic rings. The second-order valence-corrected chi connectivity index (χ2v) is 8.58. The number of rotatable bonds is 9. The highest BCUT2D eigenvalue weighted by Crippen LogP contribution is 2.27. The maximum absolute atomic E-state index is 11.8. The summed E-state index contributed by atoms with van der Waals surface area (Å²) in [5.41, 5.74) is 3.52. The molecule has 3 aromatic carbocycles. The first-order valence-electron chi connectivity index (χ1n) is 10.8. The van der Waals surface area contributed by atoms with E-state index in [-0.39, 0.29) is 5.97 Å². The molecule has 0 bridgehead atoms. The maximum Gasteiger partial charge on any atom is 0.330 e. The van der Waals surface area contributed by atoms with Crippen molar-refractivity contribution in [2.45, 2.75) is 24.8 Å². The molecule has 32 heavy (non-hydrogen) atoms. The first-order valence-corrected chi connectivity index (χ1v) is 11.8. The number of aryl methyl sites for hydroxylation is 1. The summed E-state index contributed by atoms with van der Waals surface area (Å²) in [5.74, 6) is 0.629. The summed E-state index contributed by atoms with van der Waals surface area (Å²) in [5, 5.41) is 6.84. The van der Waals surface area contributed by atoms with Gasteiger partial charge in [-0.1, -0.05) is 54.6 Å². The van der Waals surface area contributed by atoms with Gasteiger partial charge in [0.25, 0.3) is 0 Å². The summed E-state index contributed by atoms with van der Waals surface area (Å²) >= 11 is 1.81. The maximum atomic E-state index is 11.8. The van der Waals surface area contributed by atoms with Crippen LogP contribution in [0.1, 0.15) is 23.6 Å². The molecule has 0 aliphatic carbocycles. The fourth-order valence-corrected chi connectivity index (χ4v) is 4.64. The van der Waals surface area contributed by atoms with E-state index in [1.807, 2.05) is 29.9 Å². The van der Waals surface area contributed by atoms with E-state index in [1.165, 1.54) is 28.0 Å². The van der Waals surface area contributed by atoms with Crippen molar-refractivity contribution < 1.29 is 9.53 Å². The minimum absolute atomic E-state index is 0.319. The van der Waals surface area contributed by atoms with E-state index >= 15 is 0 Å². The molecule has 4 nitrogen and oxygen atoms in total. The fourth-order valence-electron chi connectivity index (χ4n) is 3.54. The van der Waals surface area contributed by atoms with Crippen molar-refractivity contribution in [3.63, 3.8) is 0 Å². The molecule has 5 heteroatoms. The Hall–Kier alpha value is -3.31. The number of nitrogens with zero attached hydrogens (tertiary/aromatic N) is 2. The highest BCUT2D eigenvalue weighted by atomic mass is 32.2. The lowest BCUT2D eigenvalue weighted by Crippen LogP contribution is -2.01. The molecular weight excluding hydrogens is 416 g/mol. The largest absolute Gasteiger partial charge is 0.463 e. The van der Waals surface area contributed by atoms with Gasteiger partial charge in [0.05, 0.1) is 13.2 Å². The number of carbonyl (C=O) groups excluding carboxylic acids is 1. The Labute approximate surface area is 192 Å². The van der Waals surface area contributed by atoms with Crippen LogP contribution in [0, 0.1) is 0 Å². The Morgan fingerprint density at radius 1 is 1.03 bits per heavy atom. The average molecular weight is 443 g/mol. The van der Waals surface area contributed by atoms with Gasteiger partial charge < -0.3 is 4.74 Å². The zero-order chi connectivity index (χ0) is 22.2. The number of carbonyl (C=O) groups is 1. The highest BCUT2D eigenvalue weighted by molar-refractivity contribution is 7.99. The van der Waals surface area contributed by atoms with Gasteiger partial charge in [-0.05, 0) is 59.0 Å². The third-order valence-corrected chi connectivity index (χ3v) is 6.20. The van der Waals surface area contributed by atoms with Crippen molar-refractivity contribution in [3.05, 3.63) is 102 Å². The van der Waals surface area contributed by atoms with Crippen molar-refractivity contribution in [1.82, 2.24) is 9.78 Å². The zero-order valence-electron chi connectivity index (χ0n) is 18.1. The fraction of sp³-hybridized carbons (Fsp3) is 0.185. The van der Waals surface area contributed by atoms with E-state index in [4.69, 9.17) is 4.74 Å². The molecule has 4 rings (SSSR count). The molecule has 4 aromatic rings. The SMILES string of the molecule is CCOC(=O)/C=C/c1ccc(Cn2cccn2)cc1SCCc1ccc2ccccc2c1. The molecule has 0 N–H and O–H groups in total. The first kappa shape index (κ1) is 21.9. The van der Waals surface area contributed by atoms with Crippen LogP contribution in [0.4, 0.5) is 0 Å². The van der Waals surface area contributed by atoms with E-state index in [1.54, 1.807) is 18.0 Å². The number of fused-ring (bicyclic) bond motifs is 1. The lowest BCUT2D eigenvalue weighted by molar-refractivity contribution is -0.137. The van der Waals surface area contributed by atoms with Gasteiger partial charge in [-0.25, -0.2) is 4.79 Å². The molecule has 0 radical (unpaired) electrons. The summed E-state index contributed by atoms with van der Waals surface area (Å²) in [7, 11) is 0. The summed E-state index contributed by atoms with van der Waals surface area (Å²) in [6, 6.07) is 23.4. The molecule has 0 atom stereocenters. The number of hydrogen-bond donors (Lipinski definition) is 0. The average Bonchev–Trinajstić information content (AvgIpc) is 3.32. The van der Waals surface area contributed by atoms with Gasteiger partial charge in [-0.3, -0.25) is 4.68 Å². The summed E-state index contributed by atoms with van der Waals surface area (Å²) in [6.45, 7) is 2.90. The second kappa shape index (κ2) is 10.8. The number of aromatic nitrogens is 2. The topological polar surface area (TPSA) is 44.1 Å². The van der Waals surface area contributed by atoms with Gasteiger partial charge in [-0.2, -0.15) is 5.10 Å². The van der Waals surface area contributed by atoms with Crippen molar-refractivity contribution in [2.24, 2.45) is 0 Å². The molecule has 0 amide bonds. The van der Waals surface area contributed by atoms with E-state index in [9.17, 15) is 4.79 Å². The highest BCUT2D eigenvalue weighted by Gasteiger charge is 2.06. The number of benzene rings is 3. The lowest BCUT2D eigenvalue weighted by atomic mass is 10.1. The molecule has 0 saturated heterocycles. The Balaban J connectivity index is 1.49. The Kier molecular flexibility index (Phi) is 7.41. The monoisotopic (exact) mass is 442 g/mol. The third kappa shape index (κ3) is 5.89. The number of esters is 1. The predicted octanol–water partition coefficient (Wildman–Crippen LogP) is 6.00. The molecule has 1 heterocycles. The molecule has 162 valence electrons. The van der Waals surface area contributed by atoms with Crippen molar-refractivity contribution >= 4 is 34.6 Å². The molecule has 0 fully saturated rings. The standard InChI is InChI=1S/C27H26N2O2S/c1-2-31-27(30)13-12-24-11-9-22(20-29-16-5-15-28-29)19-26(24)32-17-14-21-8-10-23-6-3-4-7-25(23)18-21/h3-13,15-16,18-19H,2,14,17,20H2,1H3/b13-12+. The normalized spacial score (nSPS) is 11.3. The van der Waals surface area contributed by atoms with Crippen LogP contribution in [0.3, 0.4) is 0 Å². The quantitative estimate of drug-likeness (QED) is 0.181. The number of hydrogen-bond acceptors (Lipinski definition) is 4. The molecule has 0 saturated carbocycles. The molecule has 1 aromatic heterocycles. The van der Waals surface area contributed by atoms with Crippen LogP contribution in [0.2, 0.25) is 0 Å². The van der Waals surface area contributed by atoms with Crippen LogP contribution in [0.15, 0.2) is 90.1 Å². The molecule has 0 unspecified atom stereocenters. The minimum Gasteiger partial charge on any atom is -0.463 e. The van der Waals surface area contributed by atoms with E-state index in [0.29, 0.717) is 13.2 Å². The van der Waals surface area contributed by atoms with Crippen molar-refractivity contribution in [1.29, 1.82) is 0 Å². The Morgan fingerprint density at radius 2 is 1.88 bits per heavy atom. The molecule has 0 aliphatic heterocycles. The van der Waals surface area contributed by atoms with Crippen LogP contribution >= 0.6 is 11.8 Å². The minimum atomic E-state index is -0.319. The molecular formula is C27H26N2O2S. The Bertz CT molecular complexity index is 1220. The van der Waals surface area contributed by atoms with Crippen LogP contribution in [0.25, 0.3) is 16.8 Å². The number of thioether (sulfide) groups is 1. The van der Waals surface area contributed by atoms with Crippen molar-refractivity contribution in [3.8, 4) is 0 Å².